The molecule has 2 atom stereocenters. The fraction of sp³-hybridized carbons (Fsp3) is 0.250. The van der Waals surface area contributed by atoms with Gasteiger partial charge in [-0.15, -0.1) is 0 Å². The molecule has 4 aromatic rings. The molecule has 182 valence electrons. The summed E-state index contributed by atoms with van der Waals surface area (Å²) in [5.74, 6) is 3.78. The molecule has 2 aromatic carbocycles. The lowest BCUT2D eigenvalue weighted by atomic mass is 10.2. The first-order valence-electron chi connectivity index (χ1n) is 10.8. The van der Waals surface area contributed by atoms with Crippen molar-refractivity contribution in [1.82, 2.24) is 19.1 Å². The van der Waals surface area contributed by atoms with Crippen molar-refractivity contribution in [2.45, 2.75) is 39.1 Å². The van der Waals surface area contributed by atoms with Crippen LogP contribution in [0.1, 0.15) is 13.8 Å². The van der Waals surface area contributed by atoms with Crippen molar-refractivity contribution >= 4 is 99.6 Å². The lowest BCUT2D eigenvalue weighted by Gasteiger charge is -2.13. The molecule has 4 heterocycles. The second-order valence-electron chi connectivity index (χ2n) is 8.31. The molecule has 6 nitrogen and oxygen atoms in total. The molecule has 35 heavy (non-hydrogen) atoms. The van der Waals surface area contributed by atoms with Gasteiger partial charge in [-0.1, -0.05) is 31.9 Å². The average Bonchev–Trinajstić information content (AvgIpc) is 3.18. The molecule has 2 aromatic heterocycles. The Balaban J connectivity index is 0.000000145. The standard InChI is InChI=1S/C12H9BrI2N2O.C12H10BrIN2O/c1-6-5-17-11(15)10(14)16-12(17)8-3-2-7(13)4-9(8)18-6;1-7-5-16-6-11(14)15-12(16)9-3-2-8(13)4-10(9)17-7/h2-4,6H,5H2,1H3;2-4,6-7H,5H2,1H3. The molecule has 2 unspecified atom stereocenters. The Morgan fingerprint density at radius 2 is 1.40 bits per heavy atom. The molecule has 0 radical (unpaired) electrons. The van der Waals surface area contributed by atoms with Crippen LogP contribution in [0.15, 0.2) is 51.5 Å². The molecule has 0 amide bonds. The van der Waals surface area contributed by atoms with Crippen molar-refractivity contribution in [2.24, 2.45) is 0 Å². The highest BCUT2D eigenvalue weighted by Crippen LogP contribution is 2.37. The second kappa shape index (κ2) is 10.8. The van der Waals surface area contributed by atoms with E-state index in [0.717, 1.165) is 63.7 Å². The Morgan fingerprint density at radius 3 is 2.03 bits per heavy atom. The number of hydrogen-bond donors (Lipinski definition) is 0. The minimum atomic E-state index is 0.137. The van der Waals surface area contributed by atoms with Gasteiger partial charge >= 0.3 is 0 Å². The Morgan fingerprint density at radius 1 is 0.829 bits per heavy atom. The Hall–Kier alpha value is -0.390. The summed E-state index contributed by atoms with van der Waals surface area (Å²) in [7, 11) is 0. The van der Waals surface area contributed by atoms with Crippen LogP contribution < -0.4 is 9.47 Å². The fourth-order valence-corrected chi connectivity index (χ4v) is 6.42. The molecule has 0 spiro atoms. The van der Waals surface area contributed by atoms with E-state index in [1.807, 2.05) is 30.3 Å². The first kappa shape index (κ1) is 26.2. The zero-order chi connectivity index (χ0) is 24.9. The summed E-state index contributed by atoms with van der Waals surface area (Å²) in [5, 5.41) is 0. The molecular formula is C24H19Br2I3N4O2. The zero-order valence-corrected chi connectivity index (χ0v) is 28.3. The summed E-state index contributed by atoms with van der Waals surface area (Å²) < 4.78 is 21.6. The van der Waals surface area contributed by atoms with Crippen molar-refractivity contribution in [3.8, 4) is 34.3 Å². The van der Waals surface area contributed by atoms with Gasteiger partial charge in [0.25, 0.3) is 0 Å². The van der Waals surface area contributed by atoms with E-state index in [0.29, 0.717) is 0 Å². The maximum absolute atomic E-state index is 5.98. The number of fused-ring (bicyclic) bond motifs is 6. The van der Waals surface area contributed by atoms with E-state index >= 15 is 0 Å². The van der Waals surface area contributed by atoms with Crippen molar-refractivity contribution in [3.05, 3.63) is 62.6 Å². The summed E-state index contributed by atoms with van der Waals surface area (Å²) in [6.45, 7) is 5.82. The monoisotopic (exact) mass is 934 g/mol. The molecule has 0 N–H and O–H groups in total. The second-order valence-corrected chi connectivity index (χ2v) is 13.3. The third-order valence-corrected chi connectivity index (χ3v) is 9.92. The third kappa shape index (κ3) is 5.58. The van der Waals surface area contributed by atoms with E-state index in [2.05, 4.69) is 145 Å². The van der Waals surface area contributed by atoms with Gasteiger partial charge in [-0.05, 0) is 118 Å². The molecule has 0 saturated heterocycles. The molecule has 0 bridgehead atoms. The maximum atomic E-state index is 5.98. The Labute approximate surface area is 261 Å². The van der Waals surface area contributed by atoms with Crippen LogP contribution in [-0.2, 0) is 13.1 Å². The third-order valence-electron chi connectivity index (χ3n) is 5.53. The Bertz CT molecular complexity index is 1420. The van der Waals surface area contributed by atoms with Crippen LogP contribution in [0.2, 0.25) is 0 Å². The molecule has 0 saturated carbocycles. The number of hydrogen-bond acceptors (Lipinski definition) is 4. The molecule has 2 aliphatic heterocycles. The molecular weight excluding hydrogens is 917 g/mol. The fourth-order valence-electron chi connectivity index (χ4n) is 4.11. The van der Waals surface area contributed by atoms with Crippen molar-refractivity contribution in [3.63, 3.8) is 0 Å². The minimum Gasteiger partial charge on any atom is -0.488 e. The largest absolute Gasteiger partial charge is 0.488 e. The maximum Gasteiger partial charge on any atom is 0.145 e. The topological polar surface area (TPSA) is 54.1 Å². The van der Waals surface area contributed by atoms with Crippen LogP contribution in [0.3, 0.4) is 0 Å². The lowest BCUT2D eigenvalue weighted by molar-refractivity contribution is 0.205. The van der Waals surface area contributed by atoms with Crippen molar-refractivity contribution < 1.29 is 9.47 Å². The van der Waals surface area contributed by atoms with Crippen LogP contribution in [-0.4, -0.2) is 31.3 Å². The molecule has 0 aliphatic carbocycles. The van der Waals surface area contributed by atoms with Crippen LogP contribution >= 0.6 is 99.6 Å². The number of ether oxygens (including phenoxy) is 2. The highest BCUT2D eigenvalue weighted by Gasteiger charge is 2.24. The highest BCUT2D eigenvalue weighted by molar-refractivity contribution is 14.1. The number of imidazole rings is 2. The predicted octanol–water partition coefficient (Wildman–Crippen LogP) is 8.00. The van der Waals surface area contributed by atoms with Gasteiger partial charge in [-0.3, -0.25) is 0 Å². The van der Waals surface area contributed by atoms with Gasteiger partial charge in [0.1, 0.15) is 46.5 Å². The molecule has 6 rings (SSSR count). The predicted molar refractivity (Wildman–Crippen MR) is 169 cm³/mol. The van der Waals surface area contributed by atoms with Gasteiger partial charge in [0.05, 0.1) is 24.2 Å². The van der Waals surface area contributed by atoms with E-state index in [1.165, 1.54) is 3.70 Å². The van der Waals surface area contributed by atoms with Gasteiger partial charge in [0, 0.05) is 15.1 Å². The molecule has 11 heteroatoms. The minimum absolute atomic E-state index is 0.137. The summed E-state index contributed by atoms with van der Waals surface area (Å²) in [4.78, 5) is 9.23. The van der Waals surface area contributed by atoms with Crippen LogP contribution in [0.25, 0.3) is 22.8 Å². The smallest absolute Gasteiger partial charge is 0.145 e. The van der Waals surface area contributed by atoms with E-state index in [1.54, 1.807) is 0 Å². The first-order valence-corrected chi connectivity index (χ1v) is 15.6. The summed E-state index contributed by atoms with van der Waals surface area (Å²) >= 11 is 13.8. The SMILES string of the molecule is CC1Cn2c(nc(I)c2I)-c2ccc(Br)cc2O1.CC1Cn2cc(I)nc2-c2ccc(Br)cc2O1. The van der Waals surface area contributed by atoms with Crippen molar-refractivity contribution in [1.29, 1.82) is 0 Å². The van der Waals surface area contributed by atoms with Crippen LogP contribution in [0.4, 0.5) is 0 Å². The van der Waals surface area contributed by atoms with Crippen LogP contribution in [0, 0.1) is 11.1 Å². The normalized spacial score (nSPS) is 17.8. The summed E-state index contributed by atoms with van der Waals surface area (Å²) in [5.41, 5.74) is 2.11. The summed E-state index contributed by atoms with van der Waals surface area (Å²) in [6.07, 6.45) is 2.35. The number of nitrogens with zero attached hydrogens (tertiary/aromatic N) is 4. The van der Waals surface area contributed by atoms with Gasteiger partial charge in [-0.25, -0.2) is 9.97 Å². The number of aromatic nitrogens is 4. The van der Waals surface area contributed by atoms with E-state index < -0.39 is 0 Å². The van der Waals surface area contributed by atoms with E-state index in [9.17, 15) is 0 Å². The summed E-state index contributed by atoms with van der Waals surface area (Å²) in [6, 6.07) is 12.2. The average molecular weight is 936 g/mol. The first-order chi connectivity index (χ1) is 16.7. The van der Waals surface area contributed by atoms with Gasteiger partial charge in [0.15, 0.2) is 0 Å². The van der Waals surface area contributed by atoms with Crippen molar-refractivity contribution in [2.75, 3.05) is 0 Å². The zero-order valence-electron chi connectivity index (χ0n) is 18.6. The van der Waals surface area contributed by atoms with Gasteiger partial charge < -0.3 is 18.6 Å². The van der Waals surface area contributed by atoms with Gasteiger partial charge in [0.2, 0.25) is 0 Å². The molecule has 0 fully saturated rings. The van der Waals surface area contributed by atoms with Crippen LogP contribution in [0.5, 0.6) is 11.5 Å². The number of benzene rings is 2. The quantitative estimate of drug-likeness (QED) is 0.168. The molecule has 2 aliphatic rings. The Kier molecular flexibility index (Phi) is 8.07. The number of rotatable bonds is 0. The van der Waals surface area contributed by atoms with E-state index in [4.69, 9.17) is 9.47 Å². The lowest BCUT2D eigenvalue weighted by Crippen LogP contribution is -2.18. The van der Waals surface area contributed by atoms with Gasteiger partial charge in [-0.2, -0.15) is 0 Å². The van der Waals surface area contributed by atoms with E-state index in [-0.39, 0.29) is 12.2 Å². The number of halogens is 5. The highest BCUT2D eigenvalue weighted by atomic mass is 127.